The average Bonchev–Trinajstić information content (AvgIpc) is 2.53. The molecule has 1 unspecified atom stereocenters. The van der Waals surface area contributed by atoms with Crippen LogP contribution in [0.4, 0.5) is 4.48 Å². The van der Waals surface area contributed by atoms with Gasteiger partial charge in [-0.2, -0.15) is 0 Å². The van der Waals surface area contributed by atoms with Crippen LogP contribution in [-0.2, 0) is 0 Å². The van der Waals surface area contributed by atoms with Gasteiger partial charge in [0, 0.05) is 6.21 Å². The fraction of sp³-hybridized carbons (Fsp3) is 0.222. The van der Waals surface area contributed by atoms with Gasteiger partial charge in [0.2, 0.25) is 0 Å². The van der Waals surface area contributed by atoms with E-state index in [9.17, 15) is 4.48 Å². The summed E-state index contributed by atoms with van der Waals surface area (Å²) in [4.78, 5) is 4.01. The molecule has 0 N–H and O–H groups in total. The lowest BCUT2D eigenvalue weighted by Crippen LogP contribution is -2.13. The van der Waals surface area contributed by atoms with Crippen LogP contribution in [0.25, 0.3) is 0 Å². The molecule has 0 saturated carbocycles. The second-order valence-corrected chi connectivity index (χ2v) is 2.70. The normalized spacial score (nSPS) is 23.2. The molecule has 1 aromatic rings. The zero-order chi connectivity index (χ0) is 8.39. The Hall–Kier alpha value is -1.22. The molecule has 12 heavy (non-hydrogen) atoms. The van der Waals surface area contributed by atoms with Crippen molar-refractivity contribution < 1.29 is 4.48 Å². The SMILES string of the molecule is FN1CC=NC1c1ccccc1. The maximum Gasteiger partial charge on any atom is 0.155 e. The minimum absolute atomic E-state index is 0.291. The van der Waals surface area contributed by atoms with Gasteiger partial charge in [0.1, 0.15) is 0 Å². The van der Waals surface area contributed by atoms with Gasteiger partial charge < -0.3 is 0 Å². The van der Waals surface area contributed by atoms with Crippen LogP contribution in [0.2, 0.25) is 0 Å². The topological polar surface area (TPSA) is 15.6 Å². The lowest BCUT2D eigenvalue weighted by atomic mass is 10.2. The molecule has 0 amide bonds. The zero-order valence-electron chi connectivity index (χ0n) is 6.52. The molecule has 0 bridgehead atoms. The van der Waals surface area contributed by atoms with Gasteiger partial charge in [-0.1, -0.05) is 30.3 Å². The Labute approximate surface area is 70.3 Å². The van der Waals surface area contributed by atoms with Crippen molar-refractivity contribution in [1.29, 1.82) is 0 Å². The Morgan fingerprint density at radius 2 is 2.08 bits per heavy atom. The van der Waals surface area contributed by atoms with Gasteiger partial charge in [-0.25, -0.2) is 0 Å². The summed E-state index contributed by atoms with van der Waals surface area (Å²) >= 11 is 0. The van der Waals surface area contributed by atoms with E-state index in [0.29, 0.717) is 6.54 Å². The van der Waals surface area contributed by atoms with E-state index >= 15 is 0 Å². The molecule has 0 radical (unpaired) electrons. The highest BCUT2D eigenvalue weighted by Crippen LogP contribution is 2.24. The number of nitrogens with zero attached hydrogens (tertiary/aromatic N) is 2. The first-order valence-corrected chi connectivity index (χ1v) is 3.87. The third-order valence-electron chi connectivity index (χ3n) is 1.87. The third kappa shape index (κ3) is 1.23. The first kappa shape index (κ1) is 7.43. The van der Waals surface area contributed by atoms with Crippen molar-refractivity contribution in [2.45, 2.75) is 6.17 Å². The third-order valence-corrected chi connectivity index (χ3v) is 1.87. The van der Waals surface area contributed by atoms with Crippen molar-refractivity contribution in [3.8, 4) is 0 Å². The van der Waals surface area contributed by atoms with Crippen LogP contribution in [0.15, 0.2) is 35.3 Å². The number of halogens is 1. The fourth-order valence-corrected chi connectivity index (χ4v) is 1.27. The fourth-order valence-electron chi connectivity index (χ4n) is 1.27. The molecule has 2 rings (SSSR count). The predicted octanol–water partition coefficient (Wildman–Crippen LogP) is 1.96. The molecule has 2 nitrogen and oxygen atoms in total. The molecule has 3 heteroatoms. The summed E-state index contributed by atoms with van der Waals surface area (Å²) in [6.45, 7) is 0.291. The number of aliphatic imine (C=N–C) groups is 1. The van der Waals surface area contributed by atoms with E-state index in [-0.39, 0.29) is 0 Å². The summed E-state index contributed by atoms with van der Waals surface area (Å²) < 4.78 is 13.0. The van der Waals surface area contributed by atoms with Crippen LogP contribution in [0.1, 0.15) is 11.7 Å². The molecular formula is C9H9FN2. The van der Waals surface area contributed by atoms with Crippen molar-refractivity contribution in [2.75, 3.05) is 6.54 Å². The highest BCUT2D eigenvalue weighted by atomic mass is 19.2. The minimum Gasteiger partial charge on any atom is -0.270 e. The second-order valence-electron chi connectivity index (χ2n) is 2.70. The van der Waals surface area contributed by atoms with E-state index in [1.807, 2.05) is 30.3 Å². The molecule has 0 spiro atoms. The van der Waals surface area contributed by atoms with Gasteiger partial charge in [0.25, 0.3) is 0 Å². The van der Waals surface area contributed by atoms with E-state index < -0.39 is 6.17 Å². The summed E-state index contributed by atoms with van der Waals surface area (Å²) in [6.07, 6.45) is 1.17. The van der Waals surface area contributed by atoms with Crippen LogP contribution < -0.4 is 0 Å². The molecule has 1 atom stereocenters. The first-order valence-electron chi connectivity index (χ1n) is 3.87. The predicted molar refractivity (Wildman–Crippen MR) is 45.5 cm³/mol. The van der Waals surface area contributed by atoms with Crippen molar-refractivity contribution in [1.82, 2.24) is 5.12 Å². The van der Waals surface area contributed by atoms with Crippen molar-refractivity contribution in [3.63, 3.8) is 0 Å². The van der Waals surface area contributed by atoms with Gasteiger partial charge in [-0.05, 0) is 5.56 Å². The quantitative estimate of drug-likeness (QED) is 0.579. The van der Waals surface area contributed by atoms with Crippen molar-refractivity contribution in [3.05, 3.63) is 35.9 Å². The Balaban J connectivity index is 2.25. The smallest absolute Gasteiger partial charge is 0.155 e. The maximum absolute atomic E-state index is 13.0. The summed E-state index contributed by atoms with van der Waals surface area (Å²) in [5.74, 6) is 0. The molecule has 0 fully saturated rings. The molecule has 1 aliphatic heterocycles. The Kier molecular flexibility index (Phi) is 1.87. The highest BCUT2D eigenvalue weighted by molar-refractivity contribution is 5.62. The Bertz CT molecular complexity index is 284. The molecule has 0 saturated heterocycles. The number of benzene rings is 1. The van der Waals surface area contributed by atoms with E-state index in [4.69, 9.17) is 0 Å². The minimum atomic E-state index is -0.425. The van der Waals surface area contributed by atoms with Gasteiger partial charge in [-0.15, -0.1) is 9.60 Å². The first-order chi connectivity index (χ1) is 5.88. The zero-order valence-corrected chi connectivity index (χ0v) is 6.52. The van der Waals surface area contributed by atoms with Gasteiger partial charge in [0.15, 0.2) is 6.17 Å². The Morgan fingerprint density at radius 1 is 1.33 bits per heavy atom. The maximum atomic E-state index is 13.0. The van der Waals surface area contributed by atoms with Gasteiger partial charge in [0.05, 0.1) is 6.54 Å². The van der Waals surface area contributed by atoms with Crippen LogP contribution >= 0.6 is 0 Å². The number of hydrogen-bond donors (Lipinski definition) is 0. The summed E-state index contributed by atoms with van der Waals surface area (Å²) in [6, 6.07) is 9.43. The van der Waals surface area contributed by atoms with Crippen LogP contribution in [0, 0.1) is 0 Å². The summed E-state index contributed by atoms with van der Waals surface area (Å²) in [5, 5.41) is 0.718. The lowest BCUT2D eigenvalue weighted by Gasteiger charge is -2.12. The van der Waals surface area contributed by atoms with Crippen molar-refractivity contribution in [2.24, 2.45) is 4.99 Å². The summed E-state index contributed by atoms with van der Waals surface area (Å²) in [7, 11) is 0. The molecule has 62 valence electrons. The second kappa shape index (κ2) is 3.03. The summed E-state index contributed by atoms with van der Waals surface area (Å²) in [5.41, 5.74) is 0.897. The van der Waals surface area contributed by atoms with E-state index in [1.54, 1.807) is 6.21 Å². The van der Waals surface area contributed by atoms with Gasteiger partial charge in [-0.3, -0.25) is 4.99 Å². The van der Waals surface area contributed by atoms with Crippen LogP contribution in [-0.4, -0.2) is 17.9 Å². The van der Waals surface area contributed by atoms with Crippen LogP contribution in [0.3, 0.4) is 0 Å². The number of rotatable bonds is 1. The Morgan fingerprint density at radius 3 is 2.67 bits per heavy atom. The molecule has 1 aromatic carbocycles. The number of hydrogen-bond acceptors (Lipinski definition) is 2. The molecule has 1 heterocycles. The molecule has 0 aromatic heterocycles. The van der Waals surface area contributed by atoms with E-state index in [1.165, 1.54) is 0 Å². The van der Waals surface area contributed by atoms with Crippen molar-refractivity contribution >= 4 is 6.21 Å². The molecule has 1 aliphatic rings. The lowest BCUT2D eigenvalue weighted by molar-refractivity contribution is 0.0102. The van der Waals surface area contributed by atoms with Gasteiger partial charge >= 0.3 is 0 Å². The monoisotopic (exact) mass is 164 g/mol. The molecular weight excluding hydrogens is 155 g/mol. The van der Waals surface area contributed by atoms with E-state index in [0.717, 1.165) is 10.7 Å². The van der Waals surface area contributed by atoms with Crippen LogP contribution in [0.5, 0.6) is 0 Å². The largest absolute Gasteiger partial charge is 0.270 e. The van der Waals surface area contributed by atoms with E-state index in [2.05, 4.69) is 4.99 Å². The average molecular weight is 164 g/mol. The highest BCUT2D eigenvalue weighted by Gasteiger charge is 2.21. The molecule has 0 aliphatic carbocycles. The standard InChI is InChI=1S/C9H9FN2/c10-12-7-6-11-9(12)8-4-2-1-3-5-8/h1-6,9H,7H2.